The van der Waals surface area contributed by atoms with E-state index in [1.165, 1.54) is 0 Å². The number of alkyl halides is 15. The number of carboxylic acid groups (broad SMARTS) is 1. The van der Waals surface area contributed by atoms with E-state index >= 15 is 0 Å². The Bertz CT molecular complexity index is 540. The van der Waals surface area contributed by atoms with E-state index in [-0.39, 0.29) is 12.3 Å². The molecule has 0 aromatic heterocycles. The molecule has 0 bridgehead atoms. The smallest absolute Gasteiger partial charge is 0.460 e. The van der Waals surface area contributed by atoms with Crippen molar-refractivity contribution < 1.29 is 75.8 Å². The zero-order valence-corrected chi connectivity index (χ0v) is 11.9. The molecular weight excluding hydrogens is 441 g/mol. The predicted molar refractivity (Wildman–Crippen MR) is 53.4 cm³/mol. The molecule has 0 saturated heterocycles. The van der Waals surface area contributed by atoms with Gasteiger partial charge in [0.15, 0.2) is 0 Å². The minimum absolute atomic E-state index is 0. The molecule has 0 radical (unpaired) electrons. The molecule has 166 valence electrons. The molecule has 0 aliphatic heterocycles. The van der Waals surface area contributed by atoms with Crippen LogP contribution in [0.25, 0.3) is 0 Å². The lowest BCUT2D eigenvalue weighted by molar-refractivity contribution is -0.450. The molecule has 27 heavy (non-hydrogen) atoms. The maximum atomic E-state index is 12.8. The third-order valence-electron chi connectivity index (χ3n) is 2.60. The molecule has 0 spiro atoms. The molecule has 0 amide bonds. The average molecular weight is 448 g/mol. The number of halogens is 15. The summed E-state index contributed by atoms with van der Waals surface area (Å²) in [5, 5.41) is 7.57. The van der Waals surface area contributed by atoms with Crippen molar-refractivity contribution in [2.45, 2.75) is 41.7 Å². The van der Waals surface area contributed by atoms with Crippen molar-refractivity contribution >= 4 is 5.97 Å². The Labute approximate surface area is 137 Å². The van der Waals surface area contributed by atoms with Gasteiger partial charge in [-0.15, -0.1) is 0 Å². The van der Waals surface area contributed by atoms with Crippen LogP contribution in [-0.4, -0.2) is 52.8 Å². The third-order valence-corrected chi connectivity index (χ3v) is 2.60. The van der Waals surface area contributed by atoms with Gasteiger partial charge in [-0.25, -0.2) is 4.79 Å². The molecule has 0 rings (SSSR count). The summed E-state index contributed by atoms with van der Waals surface area (Å²) in [7, 11) is 0. The summed E-state index contributed by atoms with van der Waals surface area (Å²) >= 11 is 0. The first-order valence-corrected chi connectivity index (χ1v) is 5.01. The second-order valence-corrected chi connectivity index (χ2v) is 4.25. The topological polar surface area (TPSA) is 107 Å². The summed E-state index contributed by atoms with van der Waals surface area (Å²) in [5.41, 5.74) is 0. The van der Waals surface area contributed by atoms with Gasteiger partial charge in [-0.2, -0.15) is 65.9 Å². The molecule has 0 aromatic rings. The molecular formula is C8H7F15N2O2. The zero-order valence-electron chi connectivity index (χ0n) is 11.9. The fourth-order valence-electron chi connectivity index (χ4n) is 1.10. The molecule has 0 aromatic carbocycles. The van der Waals surface area contributed by atoms with Crippen LogP contribution in [0, 0.1) is 0 Å². The van der Waals surface area contributed by atoms with E-state index < -0.39 is 47.7 Å². The largest absolute Gasteiger partial charge is 0.477 e. The van der Waals surface area contributed by atoms with Gasteiger partial charge in [0.1, 0.15) is 0 Å². The van der Waals surface area contributed by atoms with Crippen LogP contribution in [-0.2, 0) is 4.79 Å². The third kappa shape index (κ3) is 3.57. The van der Waals surface area contributed by atoms with Gasteiger partial charge in [0.2, 0.25) is 0 Å². The second-order valence-electron chi connectivity index (χ2n) is 4.25. The van der Waals surface area contributed by atoms with Gasteiger partial charge in [-0.3, -0.25) is 0 Å². The second kappa shape index (κ2) is 7.06. The van der Waals surface area contributed by atoms with Crippen molar-refractivity contribution in [2.75, 3.05) is 0 Å². The van der Waals surface area contributed by atoms with Crippen LogP contribution in [0.2, 0.25) is 0 Å². The molecule has 7 N–H and O–H groups in total. The summed E-state index contributed by atoms with van der Waals surface area (Å²) in [6.07, 6.45) is -7.69. The van der Waals surface area contributed by atoms with E-state index in [0.717, 1.165) is 0 Å². The van der Waals surface area contributed by atoms with E-state index in [2.05, 4.69) is 0 Å². The van der Waals surface area contributed by atoms with Crippen molar-refractivity contribution in [3.05, 3.63) is 0 Å². The number of hydrogen-bond acceptors (Lipinski definition) is 3. The fraction of sp³-hybridized carbons (Fsp3) is 0.875. The highest BCUT2D eigenvalue weighted by Gasteiger charge is 2.94. The van der Waals surface area contributed by atoms with Crippen molar-refractivity contribution in [3.8, 4) is 0 Å². The maximum Gasteiger partial charge on any atom is 0.460 e. The van der Waals surface area contributed by atoms with E-state index in [0.29, 0.717) is 0 Å². The highest BCUT2D eigenvalue weighted by Crippen LogP contribution is 2.62. The number of hydrogen-bond donors (Lipinski definition) is 3. The van der Waals surface area contributed by atoms with E-state index in [1.54, 1.807) is 0 Å². The Morgan fingerprint density at radius 1 is 0.481 bits per heavy atom. The Balaban J connectivity index is -0.00000288. The van der Waals surface area contributed by atoms with Gasteiger partial charge in [-0.05, 0) is 0 Å². The fourth-order valence-corrected chi connectivity index (χ4v) is 1.10. The first kappa shape index (κ1) is 30.1. The van der Waals surface area contributed by atoms with Gasteiger partial charge in [0.25, 0.3) is 0 Å². The molecule has 0 atom stereocenters. The molecule has 4 nitrogen and oxygen atoms in total. The van der Waals surface area contributed by atoms with E-state index in [9.17, 15) is 70.7 Å². The Kier molecular flexibility index (Phi) is 7.86. The van der Waals surface area contributed by atoms with Crippen LogP contribution >= 0.6 is 0 Å². The van der Waals surface area contributed by atoms with Crippen LogP contribution in [0.3, 0.4) is 0 Å². The lowest BCUT2D eigenvalue weighted by atomic mass is 9.91. The first-order chi connectivity index (χ1) is 10.4. The number of rotatable bonds is 6. The summed E-state index contributed by atoms with van der Waals surface area (Å²) in [6.45, 7) is 0. The monoisotopic (exact) mass is 448 g/mol. The molecule has 0 unspecified atom stereocenters. The van der Waals surface area contributed by atoms with E-state index in [1.807, 2.05) is 0 Å². The van der Waals surface area contributed by atoms with Gasteiger partial charge in [0.05, 0.1) is 0 Å². The van der Waals surface area contributed by atoms with Gasteiger partial charge in [-0.1, -0.05) is 0 Å². The van der Waals surface area contributed by atoms with Crippen molar-refractivity contribution in [1.29, 1.82) is 0 Å². The number of carboxylic acids is 1. The van der Waals surface area contributed by atoms with E-state index in [4.69, 9.17) is 5.11 Å². The number of aliphatic carboxylic acids is 1. The predicted octanol–water partition coefficient (Wildman–Crippen LogP) is 4.77. The van der Waals surface area contributed by atoms with Crippen LogP contribution in [0.4, 0.5) is 65.9 Å². The normalized spacial score (nSPS) is 14.9. The minimum Gasteiger partial charge on any atom is -0.477 e. The quantitative estimate of drug-likeness (QED) is 0.509. The number of carbonyl (C=O) groups is 1. The lowest BCUT2D eigenvalue weighted by Crippen LogP contribution is -2.73. The van der Waals surface area contributed by atoms with Gasteiger partial charge >= 0.3 is 47.7 Å². The van der Waals surface area contributed by atoms with Crippen molar-refractivity contribution in [2.24, 2.45) is 0 Å². The summed E-state index contributed by atoms with van der Waals surface area (Å²) < 4.78 is 187. The van der Waals surface area contributed by atoms with Gasteiger partial charge < -0.3 is 17.4 Å². The standard InChI is InChI=1S/C8HF15O2.2H3N/c9-2(10,1(24)25)3(11,12)4(13,14)5(15,16)6(17,18)7(19,20)8(21,22)23;;/h(H,24,25);2*1H3. The zero-order chi connectivity index (χ0) is 21.1. The molecule has 0 heterocycles. The highest BCUT2D eigenvalue weighted by molar-refractivity contribution is 5.77. The Morgan fingerprint density at radius 3 is 0.926 bits per heavy atom. The Hall–Kier alpha value is -1.66. The van der Waals surface area contributed by atoms with Crippen LogP contribution in [0.5, 0.6) is 0 Å². The molecule has 0 saturated carbocycles. The molecule has 0 aliphatic rings. The van der Waals surface area contributed by atoms with Crippen molar-refractivity contribution in [3.63, 3.8) is 0 Å². The highest BCUT2D eigenvalue weighted by atomic mass is 19.4. The summed E-state index contributed by atoms with van der Waals surface area (Å²) in [6, 6.07) is 0. The maximum absolute atomic E-state index is 12.8. The van der Waals surface area contributed by atoms with Crippen LogP contribution < -0.4 is 12.3 Å². The SMILES string of the molecule is N.N.O=C(O)C(F)(F)C(F)(F)C(F)(F)C(F)(F)C(F)(F)C(F)(F)C(F)(F)F. The van der Waals surface area contributed by atoms with Crippen molar-refractivity contribution in [1.82, 2.24) is 12.3 Å². The molecule has 0 aliphatic carbocycles. The molecule has 0 fully saturated rings. The summed E-state index contributed by atoms with van der Waals surface area (Å²) in [4.78, 5) is 9.72. The minimum atomic E-state index is -8.47. The average Bonchev–Trinajstić information content (AvgIpc) is 2.35. The Morgan fingerprint density at radius 2 is 0.704 bits per heavy atom. The van der Waals surface area contributed by atoms with Crippen LogP contribution in [0.1, 0.15) is 0 Å². The van der Waals surface area contributed by atoms with Gasteiger partial charge in [0, 0.05) is 0 Å². The van der Waals surface area contributed by atoms with Crippen LogP contribution in [0.15, 0.2) is 0 Å². The lowest BCUT2D eigenvalue weighted by Gasteiger charge is -2.40. The first-order valence-electron chi connectivity index (χ1n) is 5.01. The summed E-state index contributed by atoms with van der Waals surface area (Å²) in [5.74, 6) is -52.8. The molecule has 19 heteroatoms.